The fraction of sp³-hybridized carbons (Fsp3) is 0.556. The minimum Gasteiger partial charge on any atom is -0.477 e. The van der Waals surface area contributed by atoms with Crippen molar-refractivity contribution in [3.8, 4) is 0 Å². The van der Waals surface area contributed by atoms with Crippen LogP contribution in [0.4, 0.5) is 0 Å². The Labute approximate surface area is 86.6 Å². The molecule has 4 nitrogen and oxygen atoms in total. The van der Waals surface area contributed by atoms with Gasteiger partial charge in [0.05, 0.1) is 6.20 Å². The maximum Gasteiger partial charge on any atom is 0.347 e. The minimum atomic E-state index is -0.943. The van der Waals surface area contributed by atoms with E-state index in [2.05, 4.69) is 4.98 Å². The summed E-state index contributed by atoms with van der Waals surface area (Å²) in [4.78, 5) is 14.9. The number of hydrogen-bond donors (Lipinski definition) is 1. The second kappa shape index (κ2) is 4.06. The Kier molecular flexibility index (Phi) is 3.23. The summed E-state index contributed by atoms with van der Waals surface area (Å²) in [5.74, 6) is -0.943. The van der Waals surface area contributed by atoms with Crippen LogP contribution in [0.5, 0.6) is 0 Å². The van der Waals surface area contributed by atoms with Crippen molar-refractivity contribution < 1.29 is 14.6 Å². The fourth-order valence-corrected chi connectivity index (χ4v) is 1.89. The van der Waals surface area contributed by atoms with Gasteiger partial charge in [-0.15, -0.1) is 11.3 Å². The molecule has 1 aromatic heterocycles. The maximum absolute atomic E-state index is 10.6. The lowest BCUT2D eigenvalue weighted by molar-refractivity contribution is -0.0141. The van der Waals surface area contributed by atoms with Gasteiger partial charge in [0.1, 0.15) is 15.5 Å². The van der Waals surface area contributed by atoms with Gasteiger partial charge in [0.2, 0.25) is 0 Å². The number of hydrogen-bond acceptors (Lipinski definition) is 4. The average Bonchev–Trinajstić information content (AvgIpc) is 2.51. The topological polar surface area (TPSA) is 59.4 Å². The molecule has 14 heavy (non-hydrogen) atoms. The average molecular weight is 215 g/mol. The van der Waals surface area contributed by atoms with E-state index in [0.717, 1.165) is 11.3 Å². The summed E-state index contributed by atoms with van der Waals surface area (Å²) in [5.41, 5.74) is -0.507. The molecule has 0 radical (unpaired) electrons. The van der Waals surface area contributed by atoms with Gasteiger partial charge >= 0.3 is 5.97 Å². The zero-order valence-corrected chi connectivity index (χ0v) is 9.22. The number of rotatable bonds is 4. The highest BCUT2D eigenvalue weighted by Crippen LogP contribution is 2.28. The molecule has 0 bridgehead atoms. The van der Waals surface area contributed by atoms with E-state index in [0.29, 0.717) is 11.6 Å². The van der Waals surface area contributed by atoms with Crippen molar-refractivity contribution in [3.63, 3.8) is 0 Å². The molecule has 1 aromatic rings. The van der Waals surface area contributed by atoms with Gasteiger partial charge < -0.3 is 9.84 Å². The van der Waals surface area contributed by atoms with E-state index in [9.17, 15) is 4.79 Å². The zero-order valence-electron chi connectivity index (χ0n) is 8.40. The predicted octanol–water partition coefficient (Wildman–Crippen LogP) is 2.11. The Balaban J connectivity index is 2.90. The molecule has 0 saturated heterocycles. The van der Waals surface area contributed by atoms with Crippen LogP contribution >= 0.6 is 11.3 Å². The smallest absolute Gasteiger partial charge is 0.347 e. The van der Waals surface area contributed by atoms with Crippen LogP contribution in [0.1, 0.15) is 35.5 Å². The van der Waals surface area contributed by atoms with Crippen molar-refractivity contribution in [1.82, 2.24) is 4.98 Å². The Bertz CT molecular complexity index is 333. The standard InChI is InChI=1S/C9H13NO3S/c1-4-13-9(2,3)8-10-5-6(14-8)7(11)12/h5H,4H2,1-3H3,(H,11,12). The van der Waals surface area contributed by atoms with Crippen LogP contribution in [0.25, 0.3) is 0 Å². The Hall–Kier alpha value is -0.940. The molecule has 0 spiro atoms. The van der Waals surface area contributed by atoms with Crippen LogP contribution in [0, 0.1) is 0 Å². The molecule has 0 aliphatic heterocycles. The second-order valence-electron chi connectivity index (χ2n) is 3.28. The second-order valence-corrected chi connectivity index (χ2v) is 4.31. The molecule has 1 heterocycles. The third-order valence-electron chi connectivity index (χ3n) is 1.74. The molecule has 0 atom stereocenters. The van der Waals surface area contributed by atoms with Crippen LogP contribution < -0.4 is 0 Å². The lowest BCUT2D eigenvalue weighted by Crippen LogP contribution is -2.21. The van der Waals surface area contributed by atoms with Crippen LogP contribution in [0.2, 0.25) is 0 Å². The SMILES string of the molecule is CCOC(C)(C)c1ncc(C(=O)O)s1. The van der Waals surface area contributed by atoms with Gasteiger partial charge in [0.25, 0.3) is 0 Å². The first-order valence-corrected chi connectivity index (χ1v) is 5.12. The van der Waals surface area contributed by atoms with Crippen molar-refractivity contribution in [2.45, 2.75) is 26.4 Å². The molecule has 0 aliphatic rings. The number of carbonyl (C=O) groups is 1. The number of aromatic nitrogens is 1. The molecular formula is C9H13NO3S. The summed E-state index contributed by atoms with van der Waals surface area (Å²) in [6.07, 6.45) is 1.36. The van der Waals surface area contributed by atoms with Crippen molar-refractivity contribution in [2.24, 2.45) is 0 Å². The quantitative estimate of drug-likeness (QED) is 0.835. The Morgan fingerprint density at radius 1 is 1.71 bits per heavy atom. The Morgan fingerprint density at radius 2 is 2.36 bits per heavy atom. The molecule has 0 aromatic carbocycles. The van der Waals surface area contributed by atoms with Gasteiger partial charge in [-0.05, 0) is 20.8 Å². The molecule has 1 rings (SSSR count). The van der Waals surface area contributed by atoms with Crippen LogP contribution in [0.3, 0.4) is 0 Å². The Morgan fingerprint density at radius 3 is 2.79 bits per heavy atom. The molecule has 78 valence electrons. The number of nitrogens with zero attached hydrogens (tertiary/aromatic N) is 1. The van der Waals surface area contributed by atoms with Crippen LogP contribution in [-0.4, -0.2) is 22.7 Å². The van der Waals surface area contributed by atoms with Gasteiger partial charge in [-0.3, -0.25) is 0 Å². The van der Waals surface area contributed by atoms with Crippen molar-refractivity contribution in [1.29, 1.82) is 0 Å². The van der Waals surface area contributed by atoms with Crippen molar-refractivity contribution in [3.05, 3.63) is 16.1 Å². The van der Waals surface area contributed by atoms with Gasteiger partial charge in [0.15, 0.2) is 0 Å². The molecule has 0 unspecified atom stereocenters. The summed E-state index contributed by atoms with van der Waals surface area (Å²) < 4.78 is 5.46. The van der Waals surface area contributed by atoms with Gasteiger partial charge in [-0.2, -0.15) is 0 Å². The minimum absolute atomic E-state index is 0.243. The summed E-state index contributed by atoms with van der Waals surface area (Å²) >= 11 is 1.15. The maximum atomic E-state index is 10.6. The number of carboxylic acids is 1. The third kappa shape index (κ3) is 2.30. The van der Waals surface area contributed by atoms with Gasteiger partial charge in [0, 0.05) is 6.61 Å². The van der Waals surface area contributed by atoms with Crippen molar-refractivity contribution >= 4 is 17.3 Å². The van der Waals surface area contributed by atoms with E-state index in [1.54, 1.807) is 0 Å². The molecule has 5 heteroatoms. The predicted molar refractivity (Wildman–Crippen MR) is 53.7 cm³/mol. The number of aromatic carboxylic acids is 1. The monoisotopic (exact) mass is 215 g/mol. The number of ether oxygens (including phenoxy) is 1. The molecule has 0 saturated carbocycles. The van der Waals surface area contributed by atoms with Crippen LogP contribution in [-0.2, 0) is 10.3 Å². The lowest BCUT2D eigenvalue weighted by Gasteiger charge is -2.21. The van der Waals surface area contributed by atoms with Crippen molar-refractivity contribution in [2.75, 3.05) is 6.61 Å². The molecule has 0 fully saturated rings. The highest BCUT2D eigenvalue weighted by atomic mass is 32.1. The van der Waals surface area contributed by atoms with E-state index < -0.39 is 11.6 Å². The third-order valence-corrected chi connectivity index (χ3v) is 3.03. The number of carboxylic acid groups (broad SMARTS) is 1. The molecule has 0 aliphatic carbocycles. The van der Waals surface area contributed by atoms with Crippen LogP contribution in [0.15, 0.2) is 6.20 Å². The van der Waals surface area contributed by atoms with E-state index in [4.69, 9.17) is 9.84 Å². The summed E-state index contributed by atoms with van der Waals surface area (Å²) in [7, 11) is 0. The van der Waals surface area contributed by atoms with E-state index >= 15 is 0 Å². The lowest BCUT2D eigenvalue weighted by atomic mass is 10.1. The summed E-state index contributed by atoms with van der Waals surface area (Å²) in [6, 6.07) is 0. The van der Waals surface area contributed by atoms with Gasteiger partial charge in [-0.25, -0.2) is 9.78 Å². The molecule has 1 N–H and O–H groups in total. The fourth-order valence-electron chi connectivity index (χ4n) is 1.07. The molecule has 0 amide bonds. The highest BCUT2D eigenvalue weighted by molar-refractivity contribution is 7.13. The van der Waals surface area contributed by atoms with E-state index in [1.165, 1.54) is 6.20 Å². The zero-order chi connectivity index (χ0) is 10.8. The first-order valence-electron chi connectivity index (χ1n) is 4.31. The number of thiazole rings is 1. The first-order chi connectivity index (χ1) is 6.47. The normalized spacial score (nSPS) is 11.6. The summed E-state index contributed by atoms with van der Waals surface area (Å²) in [5, 5.41) is 9.41. The molecular weight excluding hydrogens is 202 g/mol. The highest BCUT2D eigenvalue weighted by Gasteiger charge is 2.25. The first kappa shape index (κ1) is 11.1. The van der Waals surface area contributed by atoms with E-state index in [1.807, 2.05) is 20.8 Å². The summed E-state index contributed by atoms with van der Waals surface area (Å²) in [6.45, 7) is 6.23. The largest absolute Gasteiger partial charge is 0.477 e. The van der Waals surface area contributed by atoms with Gasteiger partial charge in [-0.1, -0.05) is 0 Å². The van der Waals surface area contributed by atoms with E-state index in [-0.39, 0.29) is 4.88 Å².